The number of nitrogens with one attached hydrogen (secondary N) is 1. The second kappa shape index (κ2) is 5.99. The van der Waals surface area contributed by atoms with Crippen LogP contribution in [0.15, 0.2) is 29.1 Å². The minimum atomic E-state index is -0.145. The third-order valence-corrected chi connectivity index (χ3v) is 4.81. The van der Waals surface area contributed by atoms with Gasteiger partial charge in [-0.2, -0.15) is 0 Å². The van der Waals surface area contributed by atoms with Gasteiger partial charge < -0.3 is 5.32 Å². The zero-order valence-electron chi connectivity index (χ0n) is 13.2. The number of rotatable bonds is 3. The molecule has 0 aliphatic heterocycles. The molecule has 1 saturated carbocycles. The van der Waals surface area contributed by atoms with E-state index in [0.717, 1.165) is 17.5 Å². The zero-order valence-corrected chi connectivity index (χ0v) is 13.2. The van der Waals surface area contributed by atoms with Gasteiger partial charge in [0.2, 0.25) is 5.91 Å². The topological polar surface area (TPSA) is 56.0 Å². The van der Waals surface area contributed by atoms with Gasteiger partial charge in [-0.15, -0.1) is 0 Å². The third-order valence-electron chi connectivity index (χ3n) is 4.81. The van der Waals surface area contributed by atoms with E-state index < -0.39 is 0 Å². The molecule has 5 nitrogen and oxygen atoms in total. The zero-order chi connectivity index (χ0) is 15.7. The van der Waals surface area contributed by atoms with E-state index in [9.17, 15) is 9.59 Å². The summed E-state index contributed by atoms with van der Waals surface area (Å²) in [6.45, 7) is 2.28. The average molecular weight is 301 g/mol. The summed E-state index contributed by atoms with van der Waals surface area (Å²) < 4.78 is 3.14. The maximum absolute atomic E-state index is 12.4. The van der Waals surface area contributed by atoms with Crippen LogP contribution in [0.2, 0.25) is 0 Å². The van der Waals surface area contributed by atoms with E-state index in [0.29, 0.717) is 5.92 Å². The van der Waals surface area contributed by atoms with Crippen LogP contribution in [0.5, 0.6) is 0 Å². The van der Waals surface area contributed by atoms with Crippen molar-refractivity contribution in [3.8, 4) is 0 Å². The highest BCUT2D eigenvalue weighted by molar-refractivity contribution is 5.81. The van der Waals surface area contributed by atoms with Gasteiger partial charge >= 0.3 is 5.69 Å². The van der Waals surface area contributed by atoms with Crippen LogP contribution in [0.3, 0.4) is 0 Å². The molecule has 1 aromatic heterocycles. The lowest BCUT2D eigenvalue weighted by Crippen LogP contribution is -2.43. The van der Waals surface area contributed by atoms with Crippen LogP contribution >= 0.6 is 0 Å². The van der Waals surface area contributed by atoms with Gasteiger partial charge in [-0.25, -0.2) is 4.79 Å². The predicted octanol–water partition coefficient (Wildman–Crippen LogP) is 2.03. The van der Waals surface area contributed by atoms with Crippen molar-refractivity contribution in [1.29, 1.82) is 0 Å². The Kier molecular flexibility index (Phi) is 4.05. The summed E-state index contributed by atoms with van der Waals surface area (Å²) in [6.07, 6.45) is 4.62. The molecule has 1 aromatic carbocycles. The number of hydrogen-bond donors (Lipinski definition) is 1. The molecule has 0 radical (unpaired) electrons. The van der Waals surface area contributed by atoms with Crippen LogP contribution in [0.4, 0.5) is 0 Å². The monoisotopic (exact) mass is 301 g/mol. The van der Waals surface area contributed by atoms with Gasteiger partial charge in [0.15, 0.2) is 0 Å². The van der Waals surface area contributed by atoms with Gasteiger partial charge in [0, 0.05) is 13.1 Å². The SMILES string of the molecule is C[C@@H]1CCCC[C@H]1NC(=O)Cn1c(=O)n(C)c2ccccc21. The number of amides is 1. The number of fused-ring (bicyclic) bond motifs is 1. The number of benzene rings is 1. The molecule has 2 aromatic rings. The number of imidazole rings is 1. The lowest BCUT2D eigenvalue weighted by molar-refractivity contribution is -0.122. The molecule has 0 unspecified atom stereocenters. The molecule has 5 heteroatoms. The molecule has 2 atom stereocenters. The van der Waals surface area contributed by atoms with Gasteiger partial charge in [-0.1, -0.05) is 31.9 Å². The van der Waals surface area contributed by atoms with Crippen molar-refractivity contribution in [1.82, 2.24) is 14.5 Å². The molecule has 118 valence electrons. The predicted molar refractivity (Wildman–Crippen MR) is 86.7 cm³/mol. The summed E-state index contributed by atoms with van der Waals surface area (Å²) in [5.41, 5.74) is 1.52. The highest BCUT2D eigenvalue weighted by Gasteiger charge is 2.23. The normalized spacial score (nSPS) is 21.9. The lowest BCUT2D eigenvalue weighted by atomic mass is 9.86. The molecule has 0 bridgehead atoms. The van der Waals surface area contributed by atoms with Crippen molar-refractivity contribution in [3.63, 3.8) is 0 Å². The second-order valence-corrected chi connectivity index (χ2v) is 6.35. The molecular weight excluding hydrogens is 278 g/mol. The Bertz CT molecular complexity index is 744. The minimum Gasteiger partial charge on any atom is -0.352 e. The molecule has 1 heterocycles. The Morgan fingerprint density at radius 1 is 1.23 bits per heavy atom. The first kappa shape index (κ1) is 14.9. The van der Waals surface area contributed by atoms with Crippen molar-refractivity contribution in [2.45, 2.75) is 45.2 Å². The number of para-hydroxylation sites is 2. The molecule has 1 N–H and O–H groups in total. The number of aryl methyl sites for hydroxylation is 1. The lowest BCUT2D eigenvalue weighted by Gasteiger charge is -2.29. The van der Waals surface area contributed by atoms with Gasteiger partial charge in [0.25, 0.3) is 0 Å². The minimum absolute atomic E-state index is 0.0720. The summed E-state index contributed by atoms with van der Waals surface area (Å²) in [5.74, 6) is 0.444. The largest absolute Gasteiger partial charge is 0.352 e. The standard InChI is InChI=1S/C17H23N3O2/c1-12-7-3-4-8-13(12)18-16(21)11-20-15-10-6-5-9-14(15)19(2)17(20)22/h5-6,9-10,12-13H,3-4,7-8,11H2,1-2H3,(H,18,21)/t12-,13-/m1/s1. The van der Waals surface area contributed by atoms with Crippen LogP contribution in [0.25, 0.3) is 11.0 Å². The fraction of sp³-hybridized carbons (Fsp3) is 0.529. The van der Waals surface area contributed by atoms with Crippen molar-refractivity contribution < 1.29 is 4.79 Å². The van der Waals surface area contributed by atoms with Crippen molar-refractivity contribution in [3.05, 3.63) is 34.7 Å². The van der Waals surface area contributed by atoms with Crippen LogP contribution in [0, 0.1) is 5.92 Å². The smallest absolute Gasteiger partial charge is 0.329 e. The van der Waals surface area contributed by atoms with Crippen LogP contribution in [0.1, 0.15) is 32.6 Å². The highest BCUT2D eigenvalue weighted by Crippen LogP contribution is 2.23. The molecule has 1 amide bonds. The molecular formula is C17H23N3O2. The van der Waals surface area contributed by atoms with Gasteiger partial charge in [-0.3, -0.25) is 13.9 Å². The molecule has 0 spiro atoms. The summed E-state index contributed by atoms with van der Waals surface area (Å²) in [5, 5.41) is 3.11. The van der Waals surface area contributed by atoms with Gasteiger partial charge in [0.1, 0.15) is 6.54 Å². The third kappa shape index (κ3) is 2.67. The fourth-order valence-electron chi connectivity index (χ4n) is 3.44. The Labute approximate surface area is 129 Å². The summed E-state index contributed by atoms with van der Waals surface area (Å²) in [7, 11) is 1.74. The van der Waals surface area contributed by atoms with E-state index in [2.05, 4.69) is 12.2 Å². The average Bonchev–Trinajstić information content (AvgIpc) is 2.75. The van der Waals surface area contributed by atoms with Crippen LogP contribution in [-0.4, -0.2) is 21.1 Å². The van der Waals surface area contributed by atoms with E-state index in [1.165, 1.54) is 19.3 Å². The van der Waals surface area contributed by atoms with Gasteiger partial charge in [-0.05, 0) is 30.9 Å². The summed E-state index contributed by atoms with van der Waals surface area (Å²) >= 11 is 0. The highest BCUT2D eigenvalue weighted by atomic mass is 16.2. The second-order valence-electron chi connectivity index (χ2n) is 6.35. The van der Waals surface area contributed by atoms with E-state index in [1.54, 1.807) is 16.2 Å². The number of carbonyl (C=O) groups is 1. The molecule has 1 aliphatic rings. The summed E-state index contributed by atoms with van der Waals surface area (Å²) in [6, 6.07) is 7.81. The Hall–Kier alpha value is -2.04. The molecule has 3 rings (SSSR count). The maximum Gasteiger partial charge on any atom is 0.329 e. The first-order chi connectivity index (χ1) is 10.6. The number of carbonyl (C=O) groups excluding carboxylic acids is 1. The molecule has 22 heavy (non-hydrogen) atoms. The van der Waals surface area contributed by atoms with E-state index in [1.807, 2.05) is 24.3 Å². The Balaban J connectivity index is 1.80. The fourth-order valence-corrected chi connectivity index (χ4v) is 3.44. The first-order valence-corrected chi connectivity index (χ1v) is 8.01. The van der Waals surface area contributed by atoms with Crippen LogP contribution < -0.4 is 11.0 Å². The van der Waals surface area contributed by atoms with Crippen molar-refractivity contribution in [2.24, 2.45) is 13.0 Å². The molecule has 1 fully saturated rings. The maximum atomic E-state index is 12.4. The number of nitrogens with zero attached hydrogens (tertiary/aromatic N) is 2. The Morgan fingerprint density at radius 2 is 1.91 bits per heavy atom. The molecule has 1 aliphatic carbocycles. The first-order valence-electron chi connectivity index (χ1n) is 8.01. The number of aromatic nitrogens is 2. The summed E-state index contributed by atoms with van der Waals surface area (Å²) in [4.78, 5) is 24.7. The van der Waals surface area contributed by atoms with E-state index in [-0.39, 0.29) is 24.2 Å². The number of hydrogen-bond acceptors (Lipinski definition) is 2. The van der Waals surface area contributed by atoms with E-state index in [4.69, 9.17) is 0 Å². The Morgan fingerprint density at radius 3 is 2.64 bits per heavy atom. The van der Waals surface area contributed by atoms with Crippen molar-refractivity contribution in [2.75, 3.05) is 0 Å². The van der Waals surface area contributed by atoms with E-state index >= 15 is 0 Å². The van der Waals surface area contributed by atoms with Crippen LogP contribution in [-0.2, 0) is 18.4 Å². The van der Waals surface area contributed by atoms with Gasteiger partial charge in [0.05, 0.1) is 11.0 Å². The van der Waals surface area contributed by atoms with Crippen molar-refractivity contribution >= 4 is 16.9 Å². The quantitative estimate of drug-likeness (QED) is 0.943. The molecule has 0 saturated heterocycles.